The second-order valence-corrected chi connectivity index (χ2v) is 9.11. The molecule has 1 aliphatic rings. The molecule has 0 saturated heterocycles. The molecular formula is C28H16Cl2N2O6. The molecule has 0 saturated carbocycles. The minimum Gasteiger partial charge on any atom is -0.507 e. The summed E-state index contributed by atoms with van der Waals surface area (Å²) in [4.78, 5) is 53.1. The highest BCUT2D eigenvalue weighted by atomic mass is 35.5. The Morgan fingerprint density at radius 1 is 0.553 bits per heavy atom. The van der Waals surface area contributed by atoms with Crippen LogP contribution in [0.3, 0.4) is 0 Å². The smallest absolute Gasteiger partial charge is 0.257 e. The molecule has 4 N–H and O–H groups in total. The summed E-state index contributed by atoms with van der Waals surface area (Å²) in [6.45, 7) is 0. The third-order valence-electron chi connectivity index (χ3n) is 6.01. The van der Waals surface area contributed by atoms with Crippen molar-refractivity contribution in [3.63, 3.8) is 0 Å². The Kier molecular flexibility index (Phi) is 6.36. The molecule has 38 heavy (non-hydrogen) atoms. The summed E-state index contributed by atoms with van der Waals surface area (Å²) in [5, 5.41) is 26.6. The van der Waals surface area contributed by atoms with E-state index in [1.54, 1.807) is 24.3 Å². The first-order valence-corrected chi connectivity index (χ1v) is 11.9. The Morgan fingerprint density at radius 2 is 0.921 bits per heavy atom. The van der Waals surface area contributed by atoms with E-state index < -0.39 is 46.0 Å². The van der Waals surface area contributed by atoms with Crippen molar-refractivity contribution >= 4 is 58.0 Å². The number of aromatic hydroxyl groups is 2. The topological polar surface area (TPSA) is 133 Å². The molecule has 0 bridgehead atoms. The van der Waals surface area contributed by atoms with Gasteiger partial charge in [-0.2, -0.15) is 0 Å². The van der Waals surface area contributed by atoms with Gasteiger partial charge in [-0.25, -0.2) is 0 Å². The molecule has 188 valence electrons. The van der Waals surface area contributed by atoms with Crippen molar-refractivity contribution in [3.05, 3.63) is 116 Å². The second kappa shape index (κ2) is 9.66. The fourth-order valence-corrected chi connectivity index (χ4v) is 4.69. The first kappa shape index (κ1) is 25.0. The van der Waals surface area contributed by atoms with Crippen molar-refractivity contribution in [2.45, 2.75) is 0 Å². The van der Waals surface area contributed by atoms with E-state index in [4.69, 9.17) is 23.2 Å². The lowest BCUT2D eigenvalue weighted by Crippen LogP contribution is -2.26. The molecule has 0 aromatic heterocycles. The van der Waals surface area contributed by atoms with Gasteiger partial charge in [-0.3, -0.25) is 19.2 Å². The summed E-state index contributed by atoms with van der Waals surface area (Å²) < 4.78 is 0. The van der Waals surface area contributed by atoms with Crippen LogP contribution >= 0.6 is 23.2 Å². The number of carbonyl (C=O) groups excluding carboxylic acids is 4. The third-order valence-corrected chi connectivity index (χ3v) is 6.67. The van der Waals surface area contributed by atoms with Crippen LogP contribution in [0.2, 0.25) is 10.0 Å². The highest BCUT2D eigenvalue weighted by molar-refractivity contribution is 6.37. The lowest BCUT2D eigenvalue weighted by molar-refractivity contribution is 0.0973. The monoisotopic (exact) mass is 546 g/mol. The van der Waals surface area contributed by atoms with Gasteiger partial charge in [0.1, 0.15) is 11.5 Å². The standard InChI is InChI=1S/C28H16Cl2N2O6/c29-15-7-3-1-5-13(15)27(37)31-17-9-11-19(33)23-21(17)25(35)24-20(34)12-10-18(22(24)26(23)36)32-28(38)14-6-2-4-8-16(14)30/h1-12,33-34H,(H,31,37)(H,32,38). The van der Waals surface area contributed by atoms with E-state index in [0.717, 1.165) is 12.1 Å². The molecule has 5 rings (SSSR count). The number of ketones is 2. The minimum absolute atomic E-state index is 0.0726. The van der Waals surface area contributed by atoms with Gasteiger partial charge >= 0.3 is 0 Å². The SMILES string of the molecule is O=C(Nc1ccc(O)c2c1C(=O)c1c(O)ccc(NC(=O)c3ccccc3Cl)c1C2=O)c1ccccc1Cl. The predicted molar refractivity (Wildman–Crippen MR) is 142 cm³/mol. The van der Waals surface area contributed by atoms with Crippen LogP contribution in [0.15, 0.2) is 72.8 Å². The van der Waals surface area contributed by atoms with E-state index in [0.29, 0.717) is 0 Å². The normalized spacial score (nSPS) is 11.9. The molecule has 0 heterocycles. The average molecular weight is 547 g/mol. The van der Waals surface area contributed by atoms with Crippen LogP contribution in [-0.4, -0.2) is 33.6 Å². The molecule has 0 unspecified atom stereocenters. The Morgan fingerprint density at radius 3 is 1.29 bits per heavy atom. The van der Waals surface area contributed by atoms with Crippen molar-refractivity contribution in [2.24, 2.45) is 0 Å². The van der Waals surface area contributed by atoms with Crippen molar-refractivity contribution in [3.8, 4) is 11.5 Å². The number of nitrogens with one attached hydrogen (secondary N) is 2. The van der Waals surface area contributed by atoms with Gasteiger partial charge in [-0.05, 0) is 48.5 Å². The number of hydrogen-bond donors (Lipinski definition) is 4. The summed E-state index contributed by atoms with van der Waals surface area (Å²) in [7, 11) is 0. The number of carbonyl (C=O) groups is 4. The Bertz CT molecular complexity index is 1570. The summed E-state index contributed by atoms with van der Waals surface area (Å²) in [5.41, 5.74) is -1.30. The van der Waals surface area contributed by atoms with Crippen molar-refractivity contribution in [1.82, 2.24) is 0 Å². The van der Waals surface area contributed by atoms with Gasteiger partial charge in [-0.15, -0.1) is 0 Å². The highest BCUT2D eigenvalue weighted by Crippen LogP contribution is 2.42. The van der Waals surface area contributed by atoms with Crippen molar-refractivity contribution in [2.75, 3.05) is 10.6 Å². The number of phenols is 2. The van der Waals surface area contributed by atoms with Gasteiger partial charge in [0.15, 0.2) is 0 Å². The molecule has 2 amide bonds. The van der Waals surface area contributed by atoms with Crippen LogP contribution in [0.25, 0.3) is 0 Å². The fraction of sp³-hybridized carbons (Fsp3) is 0. The number of phenolic OH excluding ortho intramolecular Hbond substituents is 2. The number of anilines is 2. The quantitative estimate of drug-likeness (QED) is 0.214. The van der Waals surface area contributed by atoms with Crippen LogP contribution in [0.5, 0.6) is 11.5 Å². The first-order chi connectivity index (χ1) is 18.2. The van der Waals surface area contributed by atoms with Gasteiger partial charge in [0, 0.05) is 0 Å². The number of benzene rings is 4. The predicted octanol–water partition coefficient (Wildman–Crippen LogP) is 5.68. The summed E-state index contributed by atoms with van der Waals surface area (Å²) in [6.07, 6.45) is 0. The maximum atomic E-state index is 13.7. The molecule has 10 heteroatoms. The van der Waals surface area contributed by atoms with E-state index >= 15 is 0 Å². The summed E-state index contributed by atoms with van der Waals surface area (Å²) in [5.74, 6) is -4.03. The van der Waals surface area contributed by atoms with E-state index in [2.05, 4.69) is 10.6 Å². The summed E-state index contributed by atoms with van der Waals surface area (Å²) in [6, 6.07) is 17.3. The molecule has 4 aromatic rings. The molecule has 0 radical (unpaired) electrons. The molecule has 0 spiro atoms. The van der Waals surface area contributed by atoms with E-state index in [9.17, 15) is 29.4 Å². The molecule has 1 aliphatic carbocycles. The van der Waals surface area contributed by atoms with Gasteiger partial charge in [0.2, 0.25) is 11.6 Å². The molecule has 0 atom stereocenters. The molecular weight excluding hydrogens is 531 g/mol. The van der Waals surface area contributed by atoms with Crippen LogP contribution in [0.4, 0.5) is 11.4 Å². The fourth-order valence-electron chi connectivity index (χ4n) is 4.24. The maximum Gasteiger partial charge on any atom is 0.257 e. The average Bonchev–Trinajstić information content (AvgIpc) is 2.89. The molecule has 4 aromatic carbocycles. The van der Waals surface area contributed by atoms with Gasteiger partial charge in [-0.1, -0.05) is 47.5 Å². The van der Waals surface area contributed by atoms with Gasteiger partial charge in [0.05, 0.1) is 54.8 Å². The highest BCUT2D eigenvalue weighted by Gasteiger charge is 2.38. The van der Waals surface area contributed by atoms with Gasteiger partial charge < -0.3 is 20.8 Å². The number of rotatable bonds is 4. The zero-order chi connectivity index (χ0) is 27.1. The van der Waals surface area contributed by atoms with Crippen LogP contribution in [0, 0.1) is 0 Å². The minimum atomic E-state index is -0.841. The Hall–Kier alpha value is -4.66. The first-order valence-electron chi connectivity index (χ1n) is 11.1. The summed E-state index contributed by atoms with van der Waals surface area (Å²) >= 11 is 12.2. The Balaban J connectivity index is 1.60. The van der Waals surface area contributed by atoms with E-state index in [1.807, 2.05) is 0 Å². The lowest BCUT2D eigenvalue weighted by atomic mass is 9.81. The maximum absolute atomic E-state index is 13.7. The number of fused-ring (bicyclic) bond motifs is 2. The number of amides is 2. The zero-order valence-electron chi connectivity index (χ0n) is 19.2. The largest absolute Gasteiger partial charge is 0.507 e. The van der Waals surface area contributed by atoms with E-state index in [1.165, 1.54) is 36.4 Å². The second-order valence-electron chi connectivity index (χ2n) is 8.29. The molecule has 0 aliphatic heterocycles. The number of hydrogen-bond acceptors (Lipinski definition) is 6. The Labute approximate surface area is 225 Å². The van der Waals surface area contributed by atoms with E-state index in [-0.39, 0.29) is 43.7 Å². The van der Waals surface area contributed by atoms with Gasteiger partial charge in [0.25, 0.3) is 11.8 Å². The van der Waals surface area contributed by atoms with Crippen LogP contribution < -0.4 is 10.6 Å². The van der Waals surface area contributed by atoms with Crippen molar-refractivity contribution in [1.29, 1.82) is 0 Å². The van der Waals surface area contributed by atoms with Crippen LogP contribution in [-0.2, 0) is 0 Å². The molecule has 8 nitrogen and oxygen atoms in total. The molecule has 0 fully saturated rings. The zero-order valence-corrected chi connectivity index (χ0v) is 20.7. The number of halogens is 2. The lowest BCUT2D eigenvalue weighted by Gasteiger charge is -2.24. The van der Waals surface area contributed by atoms with Crippen molar-refractivity contribution < 1.29 is 29.4 Å². The third kappa shape index (κ3) is 4.15. The van der Waals surface area contributed by atoms with Crippen LogP contribution in [0.1, 0.15) is 52.6 Å².